The Morgan fingerprint density at radius 3 is 2.22 bits per heavy atom. The van der Waals surface area contributed by atoms with Gasteiger partial charge in [-0.3, -0.25) is 20.4 Å². The van der Waals surface area contributed by atoms with E-state index in [1.807, 2.05) is 30.3 Å². The predicted octanol–water partition coefficient (Wildman–Crippen LogP) is 2.85. The number of hydrazine groups is 1. The fourth-order valence-electron chi connectivity index (χ4n) is 2.50. The van der Waals surface area contributed by atoms with Crippen LogP contribution >= 0.6 is 11.6 Å². The number of hydrogen-bond acceptors (Lipinski definition) is 4. The van der Waals surface area contributed by atoms with E-state index in [4.69, 9.17) is 16.3 Å². The lowest BCUT2D eigenvalue weighted by atomic mass is 9.96. The van der Waals surface area contributed by atoms with Gasteiger partial charge in [-0.25, -0.2) is 0 Å². The van der Waals surface area contributed by atoms with Crippen molar-refractivity contribution in [2.75, 3.05) is 13.2 Å². The van der Waals surface area contributed by atoms with E-state index in [2.05, 4.69) is 30.0 Å². The molecule has 0 saturated heterocycles. The molecule has 0 aliphatic rings. The average molecular weight is 390 g/mol. The van der Waals surface area contributed by atoms with Gasteiger partial charge in [0, 0.05) is 11.1 Å². The zero-order chi connectivity index (χ0) is 19.6. The number of carbonyl (C=O) groups excluding carboxylic acids is 2. The second kappa shape index (κ2) is 10.5. The van der Waals surface area contributed by atoms with E-state index in [1.165, 1.54) is 0 Å². The first-order valence-corrected chi connectivity index (χ1v) is 9.08. The smallest absolute Gasteiger partial charge is 0.276 e. The monoisotopic (exact) mass is 389 g/mol. The van der Waals surface area contributed by atoms with E-state index in [0.29, 0.717) is 16.7 Å². The van der Waals surface area contributed by atoms with Crippen molar-refractivity contribution in [3.05, 3.63) is 65.2 Å². The van der Waals surface area contributed by atoms with Crippen molar-refractivity contribution in [1.29, 1.82) is 0 Å². The maximum atomic E-state index is 12.0. The predicted molar refractivity (Wildman–Crippen MR) is 105 cm³/mol. The Bertz CT molecular complexity index is 736. The number of benzene rings is 2. The third-order valence-corrected chi connectivity index (χ3v) is 4.08. The number of amides is 2. The molecular weight excluding hydrogens is 366 g/mol. The van der Waals surface area contributed by atoms with E-state index in [0.717, 1.165) is 5.56 Å². The summed E-state index contributed by atoms with van der Waals surface area (Å²) >= 11 is 5.78. The molecule has 2 aromatic carbocycles. The fraction of sp³-hybridized carbons (Fsp3) is 0.300. The van der Waals surface area contributed by atoms with E-state index in [1.54, 1.807) is 24.3 Å². The Morgan fingerprint density at radius 1 is 0.963 bits per heavy atom. The van der Waals surface area contributed by atoms with Gasteiger partial charge in [0.25, 0.3) is 11.8 Å². The molecule has 6 nitrogen and oxygen atoms in total. The van der Waals surface area contributed by atoms with Gasteiger partial charge in [-0.2, -0.15) is 0 Å². The second-order valence-electron chi connectivity index (χ2n) is 6.35. The number of nitrogens with one attached hydrogen (secondary N) is 3. The van der Waals surface area contributed by atoms with Gasteiger partial charge in [0.1, 0.15) is 5.75 Å². The minimum absolute atomic E-state index is 0.0425. The maximum Gasteiger partial charge on any atom is 0.276 e. The van der Waals surface area contributed by atoms with E-state index in [-0.39, 0.29) is 25.1 Å². The molecule has 0 heterocycles. The zero-order valence-electron chi connectivity index (χ0n) is 15.4. The summed E-state index contributed by atoms with van der Waals surface area (Å²) in [6.45, 7) is 4.03. The van der Waals surface area contributed by atoms with Gasteiger partial charge in [0.2, 0.25) is 0 Å². The van der Waals surface area contributed by atoms with Gasteiger partial charge >= 0.3 is 0 Å². The molecule has 0 radical (unpaired) electrons. The highest BCUT2D eigenvalue weighted by atomic mass is 35.5. The third kappa shape index (κ3) is 7.29. The first-order chi connectivity index (χ1) is 13.0. The first kappa shape index (κ1) is 20.7. The van der Waals surface area contributed by atoms with Crippen LogP contribution in [-0.2, 0) is 9.59 Å². The summed E-state index contributed by atoms with van der Waals surface area (Å²) in [4.78, 5) is 23.7. The highest BCUT2D eigenvalue weighted by Gasteiger charge is 2.16. The lowest BCUT2D eigenvalue weighted by molar-refractivity contribution is -0.129. The minimum atomic E-state index is -0.457. The van der Waals surface area contributed by atoms with Crippen LogP contribution in [0.2, 0.25) is 5.02 Å². The van der Waals surface area contributed by atoms with Gasteiger partial charge in [0.15, 0.2) is 6.61 Å². The second-order valence-corrected chi connectivity index (χ2v) is 6.79. The molecule has 27 heavy (non-hydrogen) atoms. The standard InChI is InChI=1S/C20H24ClN3O3/c1-14(2)20(15-6-4-3-5-7-15)22-12-18(25)23-24-19(26)13-27-17-10-8-16(21)9-11-17/h3-11,14,20,22H,12-13H2,1-2H3,(H,23,25)(H,24,26)/t20-/m1/s1. The molecule has 0 bridgehead atoms. The summed E-state index contributed by atoms with van der Waals surface area (Å²) in [6, 6.07) is 16.6. The van der Waals surface area contributed by atoms with Crippen LogP contribution in [0.3, 0.4) is 0 Å². The number of ether oxygens (including phenoxy) is 1. The molecule has 0 unspecified atom stereocenters. The van der Waals surface area contributed by atoms with Gasteiger partial charge in [-0.05, 0) is 35.7 Å². The van der Waals surface area contributed by atoms with Crippen LogP contribution in [0.5, 0.6) is 5.75 Å². The summed E-state index contributed by atoms with van der Waals surface area (Å²) in [5.41, 5.74) is 5.81. The molecule has 2 amide bonds. The van der Waals surface area contributed by atoms with E-state index < -0.39 is 5.91 Å². The summed E-state index contributed by atoms with van der Waals surface area (Å²) in [5, 5.41) is 3.80. The number of halogens is 1. The van der Waals surface area contributed by atoms with Crippen LogP contribution in [0, 0.1) is 5.92 Å². The minimum Gasteiger partial charge on any atom is -0.484 e. The lowest BCUT2D eigenvalue weighted by Crippen LogP contribution is -2.47. The molecule has 0 aliphatic carbocycles. The van der Waals surface area contributed by atoms with Crippen molar-refractivity contribution in [3.63, 3.8) is 0 Å². The van der Waals surface area contributed by atoms with E-state index >= 15 is 0 Å². The van der Waals surface area contributed by atoms with Crippen LogP contribution < -0.4 is 20.9 Å². The molecule has 3 N–H and O–H groups in total. The van der Waals surface area contributed by atoms with Crippen molar-refractivity contribution < 1.29 is 14.3 Å². The van der Waals surface area contributed by atoms with Crippen molar-refractivity contribution >= 4 is 23.4 Å². The molecule has 0 aliphatic heterocycles. The quantitative estimate of drug-likeness (QED) is 0.606. The fourth-order valence-corrected chi connectivity index (χ4v) is 2.63. The highest BCUT2D eigenvalue weighted by molar-refractivity contribution is 6.30. The average Bonchev–Trinajstić information content (AvgIpc) is 2.66. The topological polar surface area (TPSA) is 79.5 Å². The van der Waals surface area contributed by atoms with Crippen molar-refractivity contribution in [2.24, 2.45) is 5.92 Å². The van der Waals surface area contributed by atoms with E-state index in [9.17, 15) is 9.59 Å². The van der Waals surface area contributed by atoms with Crippen molar-refractivity contribution in [1.82, 2.24) is 16.2 Å². The first-order valence-electron chi connectivity index (χ1n) is 8.70. The zero-order valence-corrected chi connectivity index (χ0v) is 16.1. The Morgan fingerprint density at radius 2 is 1.59 bits per heavy atom. The number of hydrogen-bond donors (Lipinski definition) is 3. The molecule has 0 fully saturated rings. The third-order valence-electron chi connectivity index (χ3n) is 3.83. The lowest BCUT2D eigenvalue weighted by Gasteiger charge is -2.22. The van der Waals surface area contributed by atoms with Gasteiger partial charge in [0.05, 0.1) is 6.54 Å². The Balaban J connectivity index is 1.71. The van der Waals surface area contributed by atoms with Crippen LogP contribution in [0.1, 0.15) is 25.5 Å². The molecule has 1 atom stereocenters. The summed E-state index contributed by atoms with van der Waals surface area (Å²) in [5.74, 6) is 0.0333. The van der Waals surface area contributed by atoms with Crippen LogP contribution in [0.4, 0.5) is 0 Å². The SMILES string of the molecule is CC(C)[C@@H](NCC(=O)NNC(=O)COc1ccc(Cl)cc1)c1ccccc1. The molecule has 0 spiro atoms. The summed E-state index contributed by atoms with van der Waals surface area (Å²) in [7, 11) is 0. The highest BCUT2D eigenvalue weighted by Crippen LogP contribution is 2.20. The number of rotatable bonds is 8. The normalized spacial score (nSPS) is 11.7. The van der Waals surface area contributed by atoms with Gasteiger partial charge < -0.3 is 10.1 Å². The maximum absolute atomic E-state index is 12.0. The van der Waals surface area contributed by atoms with Gasteiger partial charge in [-0.1, -0.05) is 55.8 Å². The Hall–Kier alpha value is -2.57. The summed E-state index contributed by atoms with van der Waals surface area (Å²) in [6.07, 6.45) is 0. The summed E-state index contributed by atoms with van der Waals surface area (Å²) < 4.78 is 5.30. The van der Waals surface area contributed by atoms with Crippen LogP contribution in [-0.4, -0.2) is 25.0 Å². The molecule has 0 aromatic heterocycles. The Labute approximate surface area is 164 Å². The molecule has 144 valence electrons. The van der Waals surface area contributed by atoms with Crippen molar-refractivity contribution in [3.8, 4) is 5.75 Å². The molecule has 2 aromatic rings. The number of carbonyl (C=O) groups is 2. The van der Waals surface area contributed by atoms with Crippen LogP contribution in [0.25, 0.3) is 0 Å². The largest absolute Gasteiger partial charge is 0.484 e. The van der Waals surface area contributed by atoms with Gasteiger partial charge in [-0.15, -0.1) is 0 Å². The van der Waals surface area contributed by atoms with Crippen LogP contribution in [0.15, 0.2) is 54.6 Å². The molecule has 0 saturated carbocycles. The van der Waals surface area contributed by atoms with Crippen molar-refractivity contribution in [2.45, 2.75) is 19.9 Å². The Kier molecular flexibility index (Phi) is 8.10. The molecule has 2 rings (SSSR count). The molecule has 7 heteroatoms. The molecular formula is C20H24ClN3O3.